The molecule has 1 fully saturated rings. The fraction of sp³-hybridized carbons (Fsp3) is 0.464. The Kier molecular flexibility index (Phi) is 9.33. The Morgan fingerprint density at radius 1 is 1.03 bits per heavy atom. The lowest BCUT2D eigenvalue weighted by atomic mass is 9.85. The number of rotatable bonds is 7. The summed E-state index contributed by atoms with van der Waals surface area (Å²) in [4.78, 5) is 39.3. The van der Waals surface area contributed by atoms with Crippen LogP contribution in [0.4, 0.5) is 9.59 Å². The third-order valence-electron chi connectivity index (χ3n) is 5.99. The van der Waals surface area contributed by atoms with E-state index < -0.39 is 23.7 Å². The van der Waals surface area contributed by atoms with E-state index in [9.17, 15) is 14.4 Å². The highest BCUT2D eigenvalue weighted by Crippen LogP contribution is 2.32. The molecule has 0 aliphatic carbocycles. The van der Waals surface area contributed by atoms with Gasteiger partial charge in [-0.25, -0.2) is 9.59 Å². The quantitative estimate of drug-likeness (QED) is 0.538. The molecule has 2 aromatic rings. The molecule has 36 heavy (non-hydrogen) atoms. The molecule has 8 nitrogen and oxygen atoms in total. The van der Waals surface area contributed by atoms with Crippen LogP contribution < -0.4 is 10.1 Å². The number of hydrogen-bond donors (Lipinski definition) is 1. The summed E-state index contributed by atoms with van der Waals surface area (Å²) in [6.45, 7) is 6.39. The van der Waals surface area contributed by atoms with Crippen molar-refractivity contribution in [2.24, 2.45) is 0 Å². The van der Waals surface area contributed by atoms with Gasteiger partial charge in [0.25, 0.3) is 0 Å². The molecular formula is C28H36N2O6. The molecule has 1 saturated heterocycles. The highest BCUT2D eigenvalue weighted by molar-refractivity contribution is 5.81. The van der Waals surface area contributed by atoms with Crippen LogP contribution in [0, 0.1) is 0 Å². The van der Waals surface area contributed by atoms with Gasteiger partial charge in [0.1, 0.15) is 17.3 Å². The van der Waals surface area contributed by atoms with Gasteiger partial charge in [-0.1, -0.05) is 42.5 Å². The van der Waals surface area contributed by atoms with Crippen molar-refractivity contribution in [3.63, 3.8) is 0 Å². The molecule has 2 unspecified atom stereocenters. The first-order valence-corrected chi connectivity index (χ1v) is 12.3. The van der Waals surface area contributed by atoms with Crippen LogP contribution in [0.25, 0.3) is 0 Å². The molecule has 0 saturated carbocycles. The van der Waals surface area contributed by atoms with Crippen molar-refractivity contribution < 1.29 is 28.6 Å². The van der Waals surface area contributed by atoms with Crippen LogP contribution in [0.3, 0.4) is 0 Å². The first-order chi connectivity index (χ1) is 17.2. The Morgan fingerprint density at radius 3 is 2.36 bits per heavy atom. The van der Waals surface area contributed by atoms with Gasteiger partial charge in [-0.15, -0.1) is 0 Å². The summed E-state index contributed by atoms with van der Waals surface area (Å²) < 4.78 is 16.0. The average molecular weight is 497 g/mol. The molecule has 2 atom stereocenters. The van der Waals surface area contributed by atoms with Crippen LogP contribution in [0.5, 0.6) is 5.75 Å². The van der Waals surface area contributed by atoms with E-state index in [2.05, 4.69) is 5.32 Å². The number of esters is 1. The lowest BCUT2D eigenvalue weighted by molar-refractivity contribution is -0.144. The van der Waals surface area contributed by atoms with Gasteiger partial charge in [-0.2, -0.15) is 0 Å². The van der Waals surface area contributed by atoms with Crippen LogP contribution in [0.2, 0.25) is 0 Å². The second-order valence-corrected chi connectivity index (χ2v) is 9.86. The molecule has 1 N–H and O–H groups in total. The standard InChI is InChI=1S/C28H36N2O6/c1-28(2,3)36-26(32)29-18-17-20-13-15-22(16-14-20)35-27(33)30-19-9-8-12-23(30)24(25(31)34-4)21-10-6-5-7-11-21/h5-7,10-11,13-16,23-24H,8-9,12,17-19H2,1-4H3,(H,29,32). The SMILES string of the molecule is COC(=O)C(c1ccccc1)C1CCCCN1C(=O)Oc1ccc(CCNC(=O)OC(C)(C)C)cc1. The van der Waals surface area contributed by atoms with Crippen LogP contribution in [0.1, 0.15) is 57.1 Å². The number of carbonyl (C=O) groups excluding carboxylic acids is 3. The number of nitrogens with zero attached hydrogens (tertiary/aromatic N) is 1. The lowest BCUT2D eigenvalue weighted by Gasteiger charge is -2.38. The molecule has 0 radical (unpaired) electrons. The summed E-state index contributed by atoms with van der Waals surface area (Å²) >= 11 is 0. The van der Waals surface area contributed by atoms with E-state index in [4.69, 9.17) is 14.2 Å². The molecule has 8 heteroatoms. The number of benzene rings is 2. The van der Waals surface area contributed by atoms with Gasteiger partial charge in [0.05, 0.1) is 13.2 Å². The van der Waals surface area contributed by atoms with Crippen molar-refractivity contribution in [1.82, 2.24) is 10.2 Å². The fourth-order valence-electron chi connectivity index (χ4n) is 4.34. The minimum atomic E-state index is -0.580. The Balaban J connectivity index is 1.62. The van der Waals surface area contributed by atoms with Crippen molar-refractivity contribution >= 4 is 18.2 Å². The van der Waals surface area contributed by atoms with E-state index in [1.165, 1.54) is 7.11 Å². The number of likely N-dealkylation sites (tertiary alicyclic amines) is 1. The van der Waals surface area contributed by atoms with Gasteiger partial charge in [0.15, 0.2) is 0 Å². The minimum absolute atomic E-state index is 0.348. The summed E-state index contributed by atoms with van der Waals surface area (Å²) in [5.74, 6) is -0.526. The normalized spacial score (nSPS) is 16.6. The van der Waals surface area contributed by atoms with E-state index in [1.54, 1.807) is 17.0 Å². The van der Waals surface area contributed by atoms with Gasteiger partial charge in [-0.05, 0) is 69.7 Å². The summed E-state index contributed by atoms with van der Waals surface area (Å²) in [6.07, 6.45) is 2.12. The summed E-state index contributed by atoms with van der Waals surface area (Å²) in [5.41, 5.74) is 1.26. The average Bonchev–Trinajstić information content (AvgIpc) is 2.85. The number of ether oxygens (including phenoxy) is 3. The van der Waals surface area contributed by atoms with Crippen molar-refractivity contribution in [1.29, 1.82) is 0 Å². The molecule has 0 aromatic heterocycles. The Bertz CT molecular complexity index is 1020. The molecule has 3 rings (SSSR count). The van der Waals surface area contributed by atoms with Crippen molar-refractivity contribution in [2.75, 3.05) is 20.2 Å². The van der Waals surface area contributed by atoms with Gasteiger partial charge in [-0.3, -0.25) is 4.79 Å². The number of piperidine rings is 1. The number of amides is 2. The molecule has 1 heterocycles. The highest BCUT2D eigenvalue weighted by Gasteiger charge is 2.39. The van der Waals surface area contributed by atoms with Crippen LogP contribution in [-0.2, 0) is 20.7 Å². The third kappa shape index (κ3) is 7.73. The number of hydrogen-bond acceptors (Lipinski definition) is 6. The zero-order valence-electron chi connectivity index (χ0n) is 21.5. The molecule has 1 aliphatic rings. The van der Waals surface area contributed by atoms with Crippen LogP contribution in [-0.4, -0.2) is 54.9 Å². The fourth-order valence-corrected chi connectivity index (χ4v) is 4.34. The Morgan fingerprint density at radius 2 is 1.72 bits per heavy atom. The molecule has 2 amide bonds. The van der Waals surface area contributed by atoms with Crippen LogP contribution in [0.15, 0.2) is 54.6 Å². The van der Waals surface area contributed by atoms with Gasteiger partial charge >= 0.3 is 18.2 Å². The maximum atomic E-state index is 13.2. The second kappa shape index (κ2) is 12.4. The minimum Gasteiger partial charge on any atom is -0.468 e. The van der Waals surface area contributed by atoms with Gasteiger partial charge < -0.3 is 24.4 Å². The molecule has 2 aromatic carbocycles. The third-order valence-corrected chi connectivity index (χ3v) is 5.99. The number of methoxy groups -OCH3 is 1. The molecule has 1 aliphatic heterocycles. The zero-order chi connectivity index (χ0) is 26.1. The first kappa shape index (κ1) is 27.0. The monoisotopic (exact) mass is 496 g/mol. The van der Waals surface area contributed by atoms with E-state index in [0.717, 1.165) is 24.0 Å². The van der Waals surface area contributed by atoms with E-state index >= 15 is 0 Å². The van der Waals surface area contributed by atoms with E-state index in [0.29, 0.717) is 31.7 Å². The van der Waals surface area contributed by atoms with E-state index in [1.807, 2.05) is 63.2 Å². The molecule has 0 bridgehead atoms. The van der Waals surface area contributed by atoms with Crippen molar-refractivity contribution in [2.45, 2.75) is 64.0 Å². The smallest absolute Gasteiger partial charge is 0.415 e. The Labute approximate surface area is 212 Å². The second-order valence-electron chi connectivity index (χ2n) is 9.86. The summed E-state index contributed by atoms with van der Waals surface area (Å²) in [6, 6.07) is 16.2. The molecule has 194 valence electrons. The first-order valence-electron chi connectivity index (χ1n) is 12.3. The number of alkyl carbamates (subject to hydrolysis) is 1. The summed E-state index contributed by atoms with van der Waals surface area (Å²) in [7, 11) is 1.37. The van der Waals surface area contributed by atoms with Gasteiger partial charge in [0, 0.05) is 13.1 Å². The largest absolute Gasteiger partial charge is 0.468 e. The topological polar surface area (TPSA) is 94.2 Å². The van der Waals surface area contributed by atoms with E-state index in [-0.39, 0.29) is 12.0 Å². The summed E-state index contributed by atoms with van der Waals surface area (Å²) in [5, 5.41) is 2.73. The van der Waals surface area contributed by atoms with Crippen LogP contribution >= 0.6 is 0 Å². The van der Waals surface area contributed by atoms with Crippen molar-refractivity contribution in [3.8, 4) is 5.75 Å². The number of carbonyl (C=O) groups is 3. The predicted molar refractivity (Wildman–Crippen MR) is 136 cm³/mol. The zero-order valence-corrected chi connectivity index (χ0v) is 21.5. The van der Waals surface area contributed by atoms with Crippen molar-refractivity contribution in [3.05, 3.63) is 65.7 Å². The molecule has 0 spiro atoms. The highest BCUT2D eigenvalue weighted by atomic mass is 16.6. The maximum Gasteiger partial charge on any atom is 0.415 e. The predicted octanol–water partition coefficient (Wildman–Crippen LogP) is 5.06. The number of nitrogens with one attached hydrogen (secondary N) is 1. The molecular weight excluding hydrogens is 460 g/mol. The van der Waals surface area contributed by atoms with Gasteiger partial charge in [0.2, 0.25) is 0 Å². The lowest BCUT2D eigenvalue weighted by Crippen LogP contribution is -2.49. The Hall–Kier alpha value is -3.55. The maximum absolute atomic E-state index is 13.2.